The molecule has 0 unspecified atom stereocenters. The summed E-state index contributed by atoms with van der Waals surface area (Å²) in [6.07, 6.45) is 30.3. The maximum absolute atomic E-state index is 5.54. The van der Waals surface area contributed by atoms with Crippen LogP contribution in [0.15, 0.2) is 24.4 Å². The maximum atomic E-state index is 5.54. The summed E-state index contributed by atoms with van der Waals surface area (Å²) < 4.78 is 2.20. The van der Waals surface area contributed by atoms with Crippen LogP contribution in [-0.2, 0) is 6.54 Å². The molecule has 0 amide bonds. The molecule has 0 aromatic carbocycles. The van der Waals surface area contributed by atoms with E-state index < -0.39 is 0 Å². The van der Waals surface area contributed by atoms with Gasteiger partial charge >= 0.3 is 0 Å². The average Bonchev–Trinajstić information content (AvgIpc) is 2.68. The smallest absolute Gasteiger partial charge is 0.256 e. The number of halogens is 1. The van der Waals surface area contributed by atoms with Crippen LogP contribution < -0.4 is 21.5 Å². The van der Waals surface area contributed by atoms with Crippen LogP contribution in [-0.4, -0.2) is 0 Å². The Labute approximate surface area is 180 Å². The molecule has 0 aliphatic heterocycles. The molecule has 0 aliphatic carbocycles. The lowest BCUT2D eigenvalue weighted by molar-refractivity contribution is -0.699. The minimum atomic E-state index is 0. The van der Waals surface area contributed by atoms with E-state index >= 15 is 0 Å². The molecule has 0 bridgehead atoms. The molecular formula is C25H42BrN. The van der Waals surface area contributed by atoms with Crippen LogP contribution in [0.4, 0.5) is 0 Å². The van der Waals surface area contributed by atoms with Gasteiger partial charge in [0.05, 0.1) is 0 Å². The summed E-state index contributed by atoms with van der Waals surface area (Å²) in [5.74, 6) is 2.76. The lowest BCUT2D eigenvalue weighted by Gasteiger charge is -2.03. The zero-order valence-electron chi connectivity index (χ0n) is 17.7. The molecule has 0 saturated heterocycles. The van der Waals surface area contributed by atoms with Crippen molar-refractivity contribution in [2.45, 2.75) is 116 Å². The minimum absolute atomic E-state index is 0. The summed E-state index contributed by atoms with van der Waals surface area (Å²) in [5, 5.41) is 0. The number of nitrogens with zero attached hydrogens (tertiary/aromatic N) is 1. The lowest BCUT2D eigenvalue weighted by Crippen LogP contribution is -3.00. The number of pyridine rings is 1. The summed E-state index contributed by atoms with van der Waals surface area (Å²) in [6.45, 7) is 3.35. The zero-order chi connectivity index (χ0) is 18.7. The normalized spacial score (nSPS) is 10.4. The standard InChI is InChI=1S/C25H42N.BrH/c1-3-5-6-7-8-9-10-11-12-13-14-15-16-17-18-20-23-26-24-21-19-22-25(26)4-2;/h2,19,21-22,24H,3,5-18,20,23H2,1H3;1H/q+1;/p-1. The summed E-state index contributed by atoms with van der Waals surface area (Å²) in [5.41, 5.74) is 0.994. The van der Waals surface area contributed by atoms with E-state index in [4.69, 9.17) is 6.42 Å². The Balaban J connectivity index is 0.00000676. The Morgan fingerprint density at radius 2 is 1.15 bits per heavy atom. The van der Waals surface area contributed by atoms with Gasteiger partial charge in [-0.1, -0.05) is 96.8 Å². The van der Waals surface area contributed by atoms with Crippen molar-refractivity contribution < 1.29 is 21.5 Å². The third kappa shape index (κ3) is 14.9. The first-order valence-corrected chi connectivity index (χ1v) is 11.3. The Morgan fingerprint density at radius 3 is 1.59 bits per heavy atom. The van der Waals surface area contributed by atoms with E-state index in [9.17, 15) is 0 Å². The summed E-state index contributed by atoms with van der Waals surface area (Å²) in [4.78, 5) is 0. The van der Waals surface area contributed by atoms with Gasteiger partial charge in [-0.25, -0.2) is 0 Å². The molecule has 154 valence electrons. The molecule has 0 aliphatic rings. The highest BCUT2D eigenvalue weighted by Crippen LogP contribution is 2.13. The Hall–Kier alpha value is -0.810. The van der Waals surface area contributed by atoms with Crippen molar-refractivity contribution >= 4 is 0 Å². The second kappa shape index (κ2) is 19.9. The third-order valence-corrected chi connectivity index (χ3v) is 5.34. The van der Waals surface area contributed by atoms with E-state index in [1.807, 2.05) is 12.1 Å². The first kappa shape index (κ1) is 26.2. The van der Waals surface area contributed by atoms with Crippen LogP contribution >= 0.6 is 0 Å². The van der Waals surface area contributed by atoms with Gasteiger partial charge in [-0.3, -0.25) is 0 Å². The SMILES string of the molecule is C#Cc1cccc[n+]1CCCCCCCCCCCCCCCCCC.[Br-]. The molecule has 1 aromatic heterocycles. The molecule has 27 heavy (non-hydrogen) atoms. The van der Waals surface area contributed by atoms with Gasteiger partial charge in [0.25, 0.3) is 5.69 Å². The van der Waals surface area contributed by atoms with Crippen molar-refractivity contribution in [3.63, 3.8) is 0 Å². The van der Waals surface area contributed by atoms with Crippen LogP contribution in [0.5, 0.6) is 0 Å². The van der Waals surface area contributed by atoms with E-state index in [1.54, 1.807) is 0 Å². The topological polar surface area (TPSA) is 3.88 Å². The zero-order valence-corrected chi connectivity index (χ0v) is 19.3. The number of rotatable bonds is 17. The molecule has 0 N–H and O–H groups in total. The van der Waals surface area contributed by atoms with Crippen molar-refractivity contribution in [1.29, 1.82) is 0 Å². The fraction of sp³-hybridized carbons (Fsp3) is 0.720. The van der Waals surface area contributed by atoms with Gasteiger partial charge in [0, 0.05) is 18.6 Å². The summed E-state index contributed by atoms with van der Waals surface area (Å²) in [7, 11) is 0. The fourth-order valence-corrected chi connectivity index (χ4v) is 3.63. The molecule has 1 heterocycles. The first-order chi connectivity index (χ1) is 12.9. The monoisotopic (exact) mass is 435 g/mol. The van der Waals surface area contributed by atoms with Gasteiger partial charge < -0.3 is 17.0 Å². The van der Waals surface area contributed by atoms with Gasteiger partial charge in [-0.2, -0.15) is 4.57 Å². The van der Waals surface area contributed by atoms with E-state index in [-0.39, 0.29) is 17.0 Å². The molecule has 0 spiro atoms. The highest BCUT2D eigenvalue weighted by molar-refractivity contribution is 5.18. The van der Waals surface area contributed by atoms with Gasteiger partial charge in [0.1, 0.15) is 6.54 Å². The lowest BCUT2D eigenvalue weighted by atomic mass is 10.0. The maximum Gasteiger partial charge on any atom is 0.256 e. The number of aryl methyl sites for hydroxylation is 1. The van der Waals surface area contributed by atoms with E-state index in [0.717, 1.165) is 12.2 Å². The second-order valence-corrected chi connectivity index (χ2v) is 7.73. The largest absolute Gasteiger partial charge is 1.00 e. The van der Waals surface area contributed by atoms with Gasteiger partial charge in [0.2, 0.25) is 0 Å². The van der Waals surface area contributed by atoms with Crippen LogP contribution in [0, 0.1) is 12.3 Å². The number of aromatic nitrogens is 1. The van der Waals surface area contributed by atoms with E-state index in [2.05, 4.69) is 29.7 Å². The van der Waals surface area contributed by atoms with Crippen LogP contribution in [0.2, 0.25) is 0 Å². The summed E-state index contributed by atoms with van der Waals surface area (Å²) >= 11 is 0. The van der Waals surface area contributed by atoms with E-state index in [0.29, 0.717) is 0 Å². The molecule has 1 rings (SSSR count). The minimum Gasteiger partial charge on any atom is -1.00 e. The number of terminal acetylenes is 1. The highest BCUT2D eigenvalue weighted by atomic mass is 79.9. The molecule has 0 fully saturated rings. The number of hydrogen-bond acceptors (Lipinski definition) is 0. The number of unbranched alkanes of at least 4 members (excludes halogenated alkanes) is 15. The Kier molecular flexibility index (Phi) is 19.3. The van der Waals surface area contributed by atoms with Gasteiger partial charge in [0.15, 0.2) is 6.20 Å². The van der Waals surface area contributed by atoms with Crippen LogP contribution in [0.3, 0.4) is 0 Å². The quantitative estimate of drug-likeness (QED) is 0.196. The fourth-order valence-electron chi connectivity index (χ4n) is 3.63. The van der Waals surface area contributed by atoms with Crippen molar-refractivity contribution in [2.75, 3.05) is 0 Å². The molecule has 0 atom stereocenters. The Morgan fingerprint density at radius 1 is 0.704 bits per heavy atom. The molecule has 1 aromatic rings. The predicted octanol–water partition coefficient (Wildman–Crippen LogP) is 4.22. The van der Waals surface area contributed by atoms with E-state index in [1.165, 1.54) is 103 Å². The first-order valence-electron chi connectivity index (χ1n) is 11.3. The van der Waals surface area contributed by atoms with Crippen molar-refractivity contribution in [2.24, 2.45) is 0 Å². The third-order valence-electron chi connectivity index (χ3n) is 5.34. The number of hydrogen-bond donors (Lipinski definition) is 0. The van der Waals surface area contributed by atoms with Crippen molar-refractivity contribution in [1.82, 2.24) is 0 Å². The van der Waals surface area contributed by atoms with Crippen molar-refractivity contribution in [3.8, 4) is 12.3 Å². The Bertz CT molecular complexity index is 477. The van der Waals surface area contributed by atoms with Crippen LogP contribution in [0.25, 0.3) is 0 Å². The molecule has 0 saturated carbocycles. The molecular weight excluding hydrogens is 394 g/mol. The molecule has 0 radical (unpaired) electrons. The average molecular weight is 437 g/mol. The van der Waals surface area contributed by atoms with Gasteiger partial charge in [-0.05, 0) is 18.4 Å². The van der Waals surface area contributed by atoms with Gasteiger partial charge in [-0.15, -0.1) is 6.42 Å². The van der Waals surface area contributed by atoms with Crippen LogP contribution in [0.1, 0.15) is 115 Å². The highest BCUT2D eigenvalue weighted by Gasteiger charge is 2.05. The summed E-state index contributed by atoms with van der Waals surface area (Å²) in [6, 6.07) is 6.10. The molecule has 2 heteroatoms. The predicted molar refractivity (Wildman–Crippen MR) is 114 cm³/mol. The second-order valence-electron chi connectivity index (χ2n) is 7.73. The molecule has 1 nitrogen and oxygen atoms in total. The van der Waals surface area contributed by atoms with Crippen molar-refractivity contribution in [3.05, 3.63) is 30.1 Å².